The van der Waals surface area contributed by atoms with Crippen LogP contribution in [0.1, 0.15) is 32.0 Å². The molecule has 0 radical (unpaired) electrons. The SMILES string of the molecule is Cc1cc(Nc2ccccc2Cl)n2nc(-c3ccc(C(C)(C)C)cc3)nc2n1. The van der Waals surface area contributed by atoms with E-state index < -0.39 is 0 Å². The first-order valence-corrected chi connectivity index (χ1v) is 9.56. The molecular weight excluding hydrogens is 370 g/mol. The number of para-hydroxylation sites is 1. The van der Waals surface area contributed by atoms with E-state index in [1.54, 1.807) is 4.52 Å². The lowest BCUT2D eigenvalue weighted by molar-refractivity contribution is 0.590. The molecule has 2 aromatic heterocycles. The van der Waals surface area contributed by atoms with Gasteiger partial charge < -0.3 is 5.32 Å². The second-order valence-electron chi connectivity index (χ2n) is 7.86. The van der Waals surface area contributed by atoms with Crippen molar-refractivity contribution >= 4 is 28.9 Å². The van der Waals surface area contributed by atoms with Crippen LogP contribution in [-0.4, -0.2) is 19.6 Å². The van der Waals surface area contributed by atoms with Crippen LogP contribution in [0.2, 0.25) is 5.02 Å². The van der Waals surface area contributed by atoms with E-state index in [-0.39, 0.29) is 5.41 Å². The fraction of sp³-hybridized carbons (Fsp3) is 0.227. The van der Waals surface area contributed by atoms with Gasteiger partial charge in [-0.2, -0.15) is 9.50 Å². The molecule has 0 aliphatic heterocycles. The molecule has 0 atom stereocenters. The third-order valence-electron chi connectivity index (χ3n) is 4.59. The van der Waals surface area contributed by atoms with E-state index in [4.69, 9.17) is 11.6 Å². The summed E-state index contributed by atoms with van der Waals surface area (Å²) in [7, 11) is 0. The maximum Gasteiger partial charge on any atom is 0.254 e. The maximum atomic E-state index is 6.29. The molecule has 4 aromatic rings. The molecule has 0 fully saturated rings. The van der Waals surface area contributed by atoms with Gasteiger partial charge in [0.05, 0.1) is 10.7 Å². The summed E-state index contributed by atoms with van der Waals surface area (Å²) in [5.41, 5.74) is 4.00. The van der Waals surface area contributed by atoms with Gasteiger partial charge in [0.25, 0.3) is 5.78 Å². The van der Waals surface area contributed by atoms with Gasteiger partial charge in [-0.1, -0.05) is 68.8 Å². The Morgan fingerprint density at radius 3 is 2.36 bits per heavy atom. The lowest BCUT2D eigenvalue weighted by atomic mass is 9.87. The van der Waals surface area contributed by atoms with E-state index >= 15 is 0 Å². The Morgan fingerprint density at radius 2 is 1.68 bits per heavy atom. The highest BCUT2D eigenvalue weighted by molar-refractivity contribution is 6.33. The molecule has 0 unspecified atom stereocenters. The first-order chi connectivity index (χ1) is 13.3. The third-order valence-corrected chi connectivity index (χ3v) is 4.92. The van der Waals surface area contributed by atoms with Crippen molar-refractivity contribution < 1.29 is 0 Å². The van der Waals surface area contributed by atoms with Gasteiger partial charge in [0, 0.05) is 17.3 Å². The lowest BCUT2D eigenvalue weighted by Gasteiger charge is -2.18. The summed E-state index contributed by atoms with van der Waals surface area (Å²) in [5.74, 6) is 1.95. The highest BCUT2D eigenvalue weighted by Crippen LogP contribution is 2.27. The molecule has 0 saturated carbocycles. The Balaban J connectivity index is 1.76. The molecule has 142 valence electrons. The zero-order valence-electron chi connectivity index (χ0n) is 16.4. The number of benzene rings is 2. The molecule has 5 nitrogen and oxygen atoms in total. The highest BCUT2D eigenvalue weighted by Gasteiger charge is 2.15. The van der Waals surface area contributed by atoms with Crippen LogP contribution in [0.3, 0.4) is 0 Å². The lowest BCUT2D eigenvalue weighted by Crippen LogP contribution is -2.10. The number of nitrogens with one attached hydrogen (secondary N) is 1. The van der Waals surface area contributed by atoms with Crippen LogP contribution < -0.4 is 5.32 Å². The summed E-state index contributed by atoms with van der Waals surface area (Å²) >= 11 is 6.29. The van der Waals surface area contributed by atoms with E-state index in [2.05, 4.69) is 65.4 Å². The maximum absolute atomic E-state index is 6.29. The fourth-order valence-electron chi connectivity index (χ4n) is 3.02. The van der Waals surface area contributed by atoms with Crippen molar-refractivity contribution in [1.82, 2.24) is 19.6 Å². The zero-order chi connectivity index (χ0) is 19.9. The molecule has 0 saturated heterocycles. The van der Waals surface area contributed by atoms with Crippen LogP contribution in [0.5, 0.6) is 0 Å². The summed E-state index contributed by atoms with van der Waals surface area (Å²) in [4.78, 5) is 9.15. The number of fused-ring (bicyclic) bond motifs is 1. The van der Waals surface area contributed by atoms with Gasteiger partial charge in [-0.05, 0) is 30.0 Å². The average Bonchev–Trinajstić information content (AvgIpc) is 3.07. The monoisotopic (exact) mass is 391 g/mol. The van der Waals surface area contributed by atoms with Crippen molar-refractivity contribution in [3.63, 3.8) is 0 Å². The number of hydrogen-bond acceptors (Lipinski definition) is 4. The predicted molar refractivity (Wildman–Crippen MR) is 114 cm³/mol. The molecule has 0 aliphatic rings. The van der Waals surface area contributed by atoms with Gasteiger partial charge in [0.15, 0.2) is 5.82 Å². The molecule has 1 N–H and O–H groups in total. The van der Waals surface area contributed by atoms with Gasteiger partial charge in [0.2, 0.25) is 0 Å². The standard InChI is InChI=1S/C22H22ClN5/c1-14-13-19(25-18-8-6-5-7-17(18)23)28-21(24-14)26-20(27-28)15-9-11-16(12-10-15)22(2,3)4/h5-13,25H,1-4H3. The first-order valence-electron chi connectivity index (χ1n) is 9.18. The Bertz CT molecular complexity index is 1140. The Hall–Kier alpha value is -2.92. The van der Waals surface area contributed by atoms with E-state index in [1.807, 2.05) is 37.3 Å². The Morgan fingerprint density at radius 1 is 0.964 bits per heavy atom. The van der Waals surface area contributed by atoms with Crippen molar-refractivity contribution in [2.75, 3.05) is 5.32 Å². The van der Waals surface area contributed by atoms with Crippen LogP contribution in [0.4, 0.5) is 11.5 Å². The van der Waals surface area contributed by atoms with Crippen LogP contribution in [0.15, 0.2) is 54.6 Å². The van der Waals surface area contributed by atoms with Crippen LogP contribution in [-0.2, 0) is 5.41 Å². The van der Waals surface area contributed by atoms with Gasteiger partial charge in [-0.3, -0.25) is 0 Å². The van der Waals surface area contributed by atoms with Crippen LogP contribution in [0.25, 0.3) is 17.2 Å². The summed E-state index contributed by atoms with van der Waals surface area (Å²) in [5, 5.41) is 8.66. The smallest absolute Gasteiger partial charge is 0.254 e. The van der Waals surface area contributed by atoms with Crippen LogP contribution in [0, 0.1) is 6.92 Å². The second-order valence-corrected chi connectivity index (χ2v) is 8.27. The van der Waals surface area contributed by atoms with Crippen molar-refractivity contribution in [2.24, 2.45) is 0 Å². The molecular formula is C22H22ClN5. The third kappa shape index (κ3) is 3.58. The molecule has 2 heterocycles. The molecule has 28 heavy (non-hydrogen) atoms. The Labute approximate surface area is 169 Å². The Kier molecular flexibility index (Phi) is 4.55. The molecule has 2 aromatic carbocycles. The van der Waals surface area contributed by atoms with Crippen molar-refractivity contribution in [3.8, 4) is 11.4 Å². The minimum Gasteiger partial charge on any atom is -0.339 e. The number of aryl methyl sites for hydroxylation is 1. The van der Waals surface area contributed by atoms with Gasteiger partial charge in [-0.15, -0.1) is 5.10 Å². The number of rotatable bonds is 3. The number of aromatic nitrogens is 4. The molecule has 6 heteroatoms. The minimum absolute atomic E-state index is 0.107. The molecule has 0 aliphatic carbocycles. The molecule has 4 rings (SSSR count). The van der Waals surface area contributed by atoms with Crippen molar-refractivity contribution in [3.05, 3.63) is 70.9 Å². The normalized spacial score (nSPS) is 11.8. The van der Waals surface area contributed by atoms with Crippen molar-refractivity contribution in [1.29, 1.82) is 0 Å². The minimum atomic E-state index is 0.107. The molecule has 0 bridgehead atoms. The molecule has 0 spiro atoms. The summed E-state index contributed by atoms with van der Waals surface area (Å²) in [6.07, 6.45) is 0. The van der Waals surface area contributed by atoms with E-state index in [1.165, 1.54) is 5.56 Å². The summed E-state index contributed by atoms with van der Waals surface area (Å²) < 4.78 is 1.71. The van der Waals surface area contributed by atoms with Gasteiger partial charge >= 0.3 is 0 Å². The predicted octanol–water partition coefficient (Wildman–Crippen LogP) is 5.79. The van der Waals surface area contributed by atoms with E-state index in [0.29, 0.717) is 16.6 Å². The second kappa shape index (κ2) is 6.91. The highest BCUT2D eigenvalue weighted by atomic mass is 35.5. The average molecular weight is 392 g/mol. The quantitative estimate of drug-likeness (QED) is 0.480. The van der Waals surface area contributed by atoms with Gasteiger partial charge in [-0.25, -0.2) is 4.98 Å². The zero-order valence-corrected chi connectivity index (χ0v) is 17.1. The first kappa shape index (κ1) is 18.4. The van der Waals surface area contributed by atoms with E-state index in [9.17, 15) is 0 Å². The number of anilines is 2. The molecule has 0 amide bonds. The van der Waals surface area contributed by atoms with Crippen molar-refractivity contribution in [2.45, 2.75) is 33.1 Å². The summed E-state index contributed by atoms with van der Waals surface area (Å²) in [6.45, 7) is 8.53. The van der Waals surface area contributed by atoms with Gasteiger partial charge in [0.1, 0.15) is 5.82 Å². The largest absolute Gasteiger partial charge is 0.339 e. The number of nitrogens with zero attached hydrogens (tertiary/aromatic N) is 4. The van der Waals surface area contributed by atoms with Crippen LogP contribution >= 0.6 is 11.6 Å². The summed E-state index contributed by atoms with van der Waals surface area (Å²) in [6, 6.07) is 17.9. The topological polar surface area (TPSA) is 55.1 Å². The van der Waals surface area contributed by atoms with E-state index in [0.717, 1.165) is 22.8 Å². The fourth-order valence-corrected chi connectivity index (χ4v) is 3.20. The number of hydrogen-bond donors (Lipinski definition) is 1. The number of halogens is 1.